The van der Waals surface area contributed by atoms with Gasteiger partial charge in [0.1, 0.15) is 11.3 Å². The largest absolute Gasteiger partial charge is 0.484 e. The average molecular weight is 372 g/mol. The van der Waals surface area contributed by atoms with Crippen molar-refractivity contribution >= 4 is 22.8 Å². The van der Waals surface area contributed by atoms with Gasteiger partial charge in [-0.25, -0.2) is 4.79 Å². The number of carbonyl (C=O) groups excluding carboxylic acids is 2. The van der Waals surface area contributed by atoms with Crippen LogP contribution in [-0.4, -0.2) is 42.5 Å². The maximum Gasteiger partial charge on any atom is 0.336 e. The number of benzene rings is 1. The number of fused-ring (bicyclic) bond motifs is 1. The fourth-order valence-electron chi connectivity index (χ4n) is 3.35. The summed E-state index contributed by atoms with van der Waals surface area (Å²) in [5.41, 5.74) is 0.974. The highest BCUT2D eigenvalue weighted by atomic mass is 16.5. The predicted octanol–water partition coefficient (Wildman–Crippen LogP) is 1.86. The Balaban J connectivity index is 1.56. The van der Waals surface area contributed by atoms with Crippen molar-refractivity contribution in [3.8, 4) is 5.75 Å². The minimum Gasteiger partial charge on any atom is -0.484 e. The summed E-state index contributed by atoms with van der Waals surface area (Å²) in [6.45, 7) is 4.73. The molecule has 7 heteroatoms. The average Bonchev–Trinajstić information content (AvgIpc) is 2.65. The standard InChI is InChI=1S/C20H24N2O5/c1-3-14-10-20(25)27-18-11-16(4-5-17(14)18)26-12-19(24)21-15-6-8-22(9-7-15)13(2)23/h4-5,10-11,15H,3,6-9,12H2,1-2H3,(H,21,24). The molecule has 2 heterocycles. The molecule has 0 saturated carbocycles. The van der Waals surface area contributed by atoms with E-state index < -0.39 is 5.63 Å². The van der Waals surface area contributed by atoms with Crippen molar-refractivity contribution in [2.45, 2.75) is 39.2 Å². The van der Waals surface area contributed by atoms with E-state index in [0.29, 0.717) is 24.4 Å². The maximum absolute atomic E-state index is 12.1. The second-order valence-corrected chi connectivity index (χ2v) is 6.74. The monoisotopic (exact) mass is 372 g/mol. The summed E-state index contributed by atoms with van der Waals surface area (Å²) in [6.07, 6.45) is 2.21. The summed E-state index contributed by atoms with van der Waals surface area (Å²) in [6, 6.07) is 6.78. The highest BCUT2D eigenvalue weighted by Gasteiger charge is 2.22. The van der Waals surface area contributed by atoms with E-state index >= 15 is 0 Å². The molecule has 0 radical (unpaired) electrons. The molecule has 1 aromatic carbocycles. The molecule has 0 unspecified atom stereocenters. The van der Waals surface area contributed by atoms with Crippen molar-refractivity contribution in [2.75, 3.05) is 19.7 Å². The van der Waals surface area contributed by atoms with Gasteiger partial charge >= 0.3 is 5.63 Å². The molecule has 1 aliphatic rings. The molecular weight excluding hydrogens is 348 g/mol. The number of nitrogens with one attached hydrogen (secondary N) is 1. The Morgan fingerprint density at radius 3 is 2.67 bits per heavy atom. The second kappa shape index (κ2) is 8.24. The van der Waals surface area contributed by atoms with Crippen LogP contribution in [0.4, 0.5) is 0 Å². The Morgan fingerprint density at radius 1 is 1.26 bits per heavy atom. The number of amides is 2. The fraction of sp³-hybridized carbons (Fsp3) is 0.450. The number of hydrogen-bond acceptors (Lipinski definition) is 5. The molecule has 3 rings (SSSR count). The molecule has 1 aromatic heterocycles. The van der Waals surface area contributed by atoms with Crippen LogP contribution in [0.2, 0.25) is 0 Å². The molecule has 144 valence electrons. The van der Waals surface area contributed by atoms with Gasteiger partial charge in [0.05, 0.1) is 0 Å². The van der Waals surface area contributed by atoms with Crippen molar-refractivity contribution in [3.05, 3.63) is 40.2 Å². The van der Waals surface area contributed by atoms with E-state index in [-0.39, 0.29) is 24.5 Å². The Bertz CT molecular complexity index is 897. The lowest BCUT2D eigenvalue weighted by Gasteiger charge is -2.31. The van der Waals surface area contributed by atoms with E-state index in [0.717, 1.165) is 30.2 Å². The highest BCUT2D eigenvalue weighted by molar-refractivity contribution is 5.82. The van der Waals surface area contributed by atoms with Gasteiger partial charge in [-0.3, -0.25) is 9.59 Å². The molecule has 1 fully saturated rings. The van der Waals surface area contributed by atoms with Crippen molar-refractivity contribution in [2.24, 2.45) is 0 Å². The van der Waals surface area contributed by atoms with Gasteiger partial charge in [-0.1, -0.05) is 6.92 Å². The summed E-state index contributed by atoms with van der Waals surface area (Å²) in [5.74, 6) is 0.331. The molecule has 27 heavy (non-hydrogen) atoms. The lowest BCUT2D eigenvalue weighted by molar-refractivity contribution is -0.130. The van der Waals surface area contributed by atoms with Crippen LogP contribution in [0.25, 0.3) is 11.0 Å². The first kappa shape index (κ1) is 18.9. The number of piperidine rings is 1. The van der Waals surface area contributed by atoms with Crippen LogP contribution in [0.15, 0.2) is 33.5 Å². The summed E-state index contributed by atoms with van der Waals surface area (Å²) >= 11 is 0. The minimum absolute atomic E-state index is 0.0541. The van der Waals surface area contributed by atoms with Gasteiger partial charge in [-0.2, -0.15) is 0 Å². The molecule has 2 amide bonds. The van der Waals surface area contributed by atoms with E-state index in [9.17, 15) is 14.4 Å². The van der Waals surface area contributed by atoms with Crippen molar-refractivity contribution in [3.63, 3.8) is 0 Å². The molecule has 0 atom stereocenters. The van der Waals surface area contributed by atoms with Gasteiger partial charge < -0.3 is 19.4 Å². The molecule has 1 aliphatic heterocycles. The topological polar surface area (TPSA) is 88.8 Å². The van der Waals surface area contributed by atoms with Gasteiger partial charge in [0, 0.05) is 43.6 Å². The second-order valence-electron chi connectivity index (χ2n) is 6.74. The van der Waals surface area contributed by atoms with Crippen LogP contribution in [0.1, 0.15) is 32.3 Å². The number of carbonyl (C=O) groups is 2. The highest BCUT2D eigenvalue weighted by Crippen LogP contribution is 2.23. The van der Waals surface area contributed by atoms with Crippen LogP contribution in [0.3, 0.4) is 0 Å². The van der Waals surface area contributed by atoms with E-state index in [1.165, 1.54) is 6.07 Å². The SMILES string of the molecule is CCc1cc(=O)oc2cc(OCC(=O)NC3CCN(C(C)=O)CC3)ccc12. The first-order valence-corrected chi connectivity index (χ1v) is 9.20. The normalized spacial score (nSPS) is 15.0. The molecule has 0 bridgehead atoms. The third kappa shape index (κ3) is 4.67. The van der Waals surface area contributed by atoms with Gasteiger partial charge in [-0.05, 0) is 37.0 Å². The Labute approximate surface area is 157 Å². The van der Waals surface area contributed by atoms with Crippen LogP contribution < -0.4 is 15.7 Å². The molecule has 2 aromatic rings. The van der Waals surface area contributed by atoms with E-state index in [2.05, 4.69) is 5.32 Å². The van der Waals surface area contributed by atoms with Crippen LogP contribution in [-0.2, 0) is 16.0 Å². The zero-order chi connectivity index (χ0) is 19.4. The Morgan fingerprint density at radius 2 is 2.00 bits per heavy atom. The lowest BCUT2D eigenvalue weighted by atomic mass is 10.1. The zero-order valence-electron chi connectivity index (χ0n) is 15.6. The number of aryl methyl sites for hydroxylation is 1. The van der Waals surface area contributed by atoms with E-state index in [4.69, 9.17) is 9.15 Å². The molecule has 7 nitrogen and oxygen atoms in total. The number of hydrogen-bond donors (Lipinski definition) is 1. The zero-order valence-corrected chi connectivity index (χ0v) is 15.6. The van der Waals surface area contributed by atoms with Gasteiger partial charge in [0.2, 0.25) is 5.91 Å². The molecule has 0 spiro atoms. The van der Waals surface area contributed by atoms with Gasteiger partial charge in [-0.15, -0.1) is 0 Å². The third-order valence-electron chi connectivity index (χ3n) is 4.86. The molecular formula is C20H24N2O5. The van der Waals surface area contributed by atoms with Crippen molar-refractivity contribution in [1.82, 2.24) is 10.2 Å². The molecule has 1 N–H and O–H groups in total. The summed E-state index contributed by atoms with van der Waals surface area (Å²) in [5, 5.41) is 3.80. The van der Waals surface area contributed by atoms with Crippen LogP contribution in [0.5, 0.6) is 5.75 Å². The van der Waals surface area contributed by atoms with Gasteiger partial charge in [0.15, 0.2) is 6.61 Å². The van der Waals surface area contributed by atoms with E-state index in [1.807, 2.05) is 13.0 Å². The van der Waals surface area contributed by atoms with Crippen molar-refractivity contribution in [1.29, 1.82) is 0 Å². The Kier molecular flexibility index (Phi) is 5.78. The summed E-state index contributed by atoms with van der Waals surface area (Å²) in [7, 11) is 0. The number of rotatable bonds is 5. The molecule has 1 saturated heterocycles. The fourth-order valence-corrected chi connectivity index (χ4v) is 3.35. The first-order valence-electron chi connectivity index (χ1n) is 9.20. The minimum atomic E-state index is -0.397. The predicted molar refractivity (Wildman–Crippen MR) is 101 cm³/mol. The van der Waals surface area contributed by atoms with Crippen LogP contribution >= 0.6 is 0 Å². The summed E-state index contributed by atoms with van der Waals surface area (Å²) < 4.78 is 10.8. The smallest absolute Gasteiger partial charge is 0.336 e. The first-order chi connectivity index (χ1) is 13.0. The third-order valence-corrected chi connectivity index (χ3v) is 4.86. The van der Waals surface area contributed by atoms with Gasteiger partial charge in [0.25, 0.3) is 5.91 Å². The lowest BCUT2D eigenvalue weighted by Crippen LogP contribution is -2.47. The number of nitrogens with zero attached hydrogens (tertiary/aromatic N) is 1. The van der Waals surface area contributed by atoms with Crippen LogP contribution in [0, 0.1) is 0 Å². The maximum atomic E-state index is 12.1. The number of likely N-dealkylation sites (tertiary alicyclic amines) is 1. The number of ether oxygens (including phenoxy) is 1. The quantitative estimate of drug-likeness (QED) is 0.810. The van der Waals surface area contributed by atoms with E-state index in [1.54, 1.807) is 24.0 Å². The molecule has 0 aliphatic carbocycles. The Hall–Kier alpha value is -2.83. The van der Waals surface area contributed by atoms with Crippen molar-refractivity contribution < 1.29 is 18.7 Å². The summed E-state index contributed by atoms with van der Waals surface area (Å²) in [4.78, 5) is 36.9.